The molecule has 1 aliphatic rings. The van der Waals surface area contributed by atoms with Gasteiger partial charge in [-0.05, 0) is 30.2 Å². The minimum absolute atomic E-state index is 0.117. The maximum absolute atomic E-state index is 12.0. The van der Waals surface area contributed by atoms with Crippen LogP contribution in [0.1, 0.15) is 25.0 Å². The molecule has 1 aliphatic heterocycles. The molecule has 2 heterocycles. The number of cyclic esters (lactones) is 2. The number of hydrogen-bond acceptors (Lipinski definition) is 5. The molecule has 5 nitrogen and oxygen atoms in total. The average molecular weight is 297 g/mol. The zero-order valence-corrected chi connectivity index (χ0v) is 12.5. The van der Waals surface area contributed by atoms with Gasteiger partial charge in [0, 0.05) is 25.4 Å². The van der Waals surface area contributed by atoms with Crippen molar-refractivity contribution in [3.63, 3.8) is 0 Å². The predicted octanol–water partition coefficient (Wildman–Crippen LogP) is 2.76. The van der Waals surface area contributed by atoms with Crippen LogP contribution in [0.25, 0.3) is 17.0 Å². The van der Waals surface area contributed by atoms with Gasteiger partial charge in [-0.1, -0.05) is 18.2 Å². The summed E-state index contributed by atoms with van der Waals surface area (Å²) < 4.78 is 10.2. The van der Waals surface area contributed by atoms with Crippen LogP contribution in [0.5, 0.6) is 0 Å². The van der Waals surface area contributed by atoms with Gasteiger partial charge in [-0.15, -0.1) is 0 Å². The van der Waals surface area contributed by atoms with Crippen molar-refractivity contribution in [2.45, 2.75) is 26.6 Å². The molecule has 3 rings (SSSR count). The summed E-state index contributed by atoms with van der Waals surface area (Å²) in [4.78, 5) is 28.4. The van der Waals surface area contributed by atoms with Crippen LogP contribution >= 0.6 is 0 Å². The van der Waals surface area contributed by atoms with E-state index in [-0.39, 0.29) is 5.57 Å². The Kier molecular flexibility index (Phi) is 3.20. The molecule has 0 spiro atoms. The number of nitrogens with zero attached hydrogens (tertiary/aromatic N) is 1. The number of carbonyl (C=O) groups is 2. The summed E-state index contributed by atoms with van der Waals surface area (Å²) in [6.07, 6.45) is 3.20. The van der Waals surface area contributed by atoms with Gasteiger partial charge in [-0.25, -0.2) is 9.59 Å². The minimum Gasteiger partial charge on any atom is -0.419 e. The summed E-state index contributed by atoms with van der Waals surface area (Å²) in [5.41, 5.74) is 2.45. The molecule has 0 N–H and O–H groups in total. The first-order valence-electron chi connectivity index (χ1n) is 6.90. The molecule has 0 aliphatic carbocycles. The van der Waals surface area contributed by atoms with E-state index in [1.165, 1.54) is 19.9 Å². The second-order valence-electron chi connectivity index (χ2n) is 5.61. The molecule has 1 aromatic carbocycles. The largest absolute Gasteiger partial charge is 0.419 e. The van der Waals surface area contributed by atoms with Crippen molar-refractivity contribution in [1.29, 1.82) is 0 Å². The van der Waals surface area contributed by atoms with E-state index in [1.54, 1.807) is 6.20 Å². The molecule has 0 amide bonds. The number of aryl methyl sites for hydroxylation is 1. The summed E-state index contributed by atoms with van der Waals surface area (Å²) in [5, 5.41) is 0.862. The first-order valence-corrected chi connectivity index (χ1v) is 6.90. The number of aromatic nitrogens is 1. The highest BCUT2D eigenvalue weighted by molar-refractivity contribution is 6.19. The molecule has 1 saturated heterocycles. The molecular formula is C17H15NO4. The Morgan fingerprint density at radius 2 is 1.77 bits per heavy atom. The summed E-state index contributed by atoms with van der Waals surface area (Å²) in [5.74, 6) is -2.60. The fraction of sp³-hybridized carbons (Fsp3) is 0.235. The van der Waals surface area contributed by atoms with Gasteiger partial charge in [0.05, 0.1) is 5.52 Å². The molecule has 0 radical (unpaired) electrons. The number of rotatable bonds is 1. The molecule has 5 heteroatoms. The number of carbonyl (C=O) groups excluding carboxylic acids is 2. The highest BCUT2D eigenvalue weighted by atomic mass is 16.7. The SMILES string of the molecule is Cc1ccc(C=C2C(=O)OC(C)(C)OC2=O)c2cccnc12. The van der Waals surface area contributed by atoms with Crippen molar-refractivity contribution < 1.29 is 19.1 Å². The number of fused-ring (bicyclic) bond motifs is 1. The van der Waals surface area contributed by atoms with Crippen molar-refractivity contribution in [2.24, 2.45) is 0 Å². The number of ether oxygens (including phenoxy) is 2. The Balaban J connectivity index is 2.12. The van der Waals surface area contributed by atoms with Crippen LogP contribution in [0.2, 0.25) is 0 Å². The van der Waals surface area contributed by atoms with E-state index in [0.717, 1.165) is 22.0 Å². The Bertz CT molecular complexity index is 799. The Morgan fingerprint density at radius 3 is 2.45 bits per heavy atom. The van der Waals surface area contributed by atoms with Crippen molar-refractivity contribution in [2.75, 3.05) is 0 Å². The molecule has 1 aromatic heterocycles. The van der Waals surface area contributed by atoms with E-state index in [9.17, 15) is 9.59 Å². The second-order valence-corrected chi connectivity index (χ2v) is 5.61. The number of benzene rings is 1. The maximum atomic E-state index is 12.0. The van der Waals surface area contributed by atoms with Gasteiger partial charge in [-0.3, -0.25) is 4.98 Å². The summed E-state index contributed by atoms with van der Waals surface area (Å²) in [7, 11) is 0. The Hall–Kier alpha value is -2.69. The van der Waals surface area contributed by atoms with Crippen LogP contribution in [0, 0.1) is 6.92 Å². The van der Waals surface area contributed by atoms with Gasteiger partial charge >= 0.3 is 11.9 Å². The Morgan fingerprint density at radius 1 is 1.09 bits per heavy atom. The van der Waals surface area contributed by atoms with Crippen LogP contribution in [0.4, 0.5) is 0 Å². The number of pyridine rings is 1. The van der Waals surface area contributed by atoms with E-state index in [4.69, 9.17) is 9.47 Å². The summed E-state index contributed by atoms with van der Waals surface area (Å²) in [6.45, 7) is 4.99. The average Bonchev–Trinajstić information content (AvgIpc) is 2.44. The molecule has 112 valence electrons. The first-order chi connectivity index (χ1) is 10.4. The van der Waals surface area contributed by atoms with Crippen molar-refractivity contribution in [3.05, 3.63) is 47.2 Å². The molecule has 22 heavy (non-hydrogen) atoms. The van der Waals surface area contributed by atoms with Gasteiger partial charge in [0.25, 0.3) is 5.79 Å². The quantitative estimate of drug-likeness (QED) is 0.460. The molecule has 1 fully saturated rings. The van der Waals surface area contributed by atoms with Gasteiger partial charge in [-0.2, -0.15) is 0 Å². The fourth-order valence-electron chi connectivity index (χ4n) is 2.40. The van der Waals surface area contributed by atoms with Crippen LogP contribution < -0.4 is 0 Å². The van der Waals surface area contributed by atoms with Crippen LogP contribution in [-0.4, -0.2) is 22.7 Å². The van der Waals surface area contributed by atoms with Crippen molar-refractivity contribution in [3.8, 4) is 0 Å². The topological polar surface area (TPSA) is 65.5 Å². The molecule has 0 unspecified atom stereocenters. The summed E-state index contributed by atoms with van der Waals surface area (Å²) in [6, 6.07) is 7.44. The highest BCUT2D eigenvalue weighted by Crippen LogP contribution is 2.27. The first kappa shape index (κ1) is 14.3. The Labute approximate surface area is 127 Å². The third-order valence-corrected chi connectivity index (χ3v) is 3.42. The van der Waals surface area contributed by atoms with Gasteiger partial charge in [0.15, 0.2) is 0 Å². The normalized spacial score (nSPS) is 17.1. The van der Waals surface area contributed by atoms with E-state index in [2.05, 4.69) is 4.98 Å². The zero-order valence-electron chi connectivity index (χ0n) is 12.5. The lowest BCUT2D eigenvalue weighted by Gasteiger charge is -2.29. The molecule has 0 atom stereocenters. The van der Waals surface area contributed by atoms with E-state index in [1.807, 2.05) is 31.2 Å². The number of esters is 2. The second kappa shape index (κ2) is 4.94. The standard InChI is InChI=1S/C17H15NO4/c1-10-6-7-11(12-5-4-8-18-14(10)12)9-13-15(19)21-17(2,3)22-16(13)20/h4-9H,1-3H3. The zero-order chi connectivity index (χ0) is 15.9. The lowest BCUT2D eigenvalue weighted by Crippen LogP contribution is -2.41. The van der Waals surface area contributed by atoms with Gasteiger partial charge < -0.3 is 9.47 Å². The van der Waals surface area contributed by atoms with Crippen LogP contribution in [0.15, 0.2) is 36.0 Å². The molecule has 0 bridgehead atoms. The third kappa shape index (κ3) is 2.45. The molecular weight excluding hydrogens is 282 g/mol. The van der Waals surface area contributed by atoms with E-state index >= 15 is 0 Å². The van der Waals surface area contributed by atoms with Crippen molar-refractivity contribution in [1.82, 2.24) is 4.98 Å². The van der Waals surface area contributed by atoms with Crippen LogP contribution in [-0.2, 0) is 19.1 Å². The lowest BCUT2D eigenvalue weighted by molar-refractivity contribution is -0.222. The maximum Gasteiger partial charge on any atom is 0.348 e. The fourth-order valence-corrected chi connectivity index (χ4v) is 2.40. The lowest BCUT2D eigenvalue weighted by atomic mass is 10.0. The van der Waals surface area contributed by atoms with E-state index < -0.39 is 17.7 Å². The highest BCUT2D eigenvalue weighted by Gasteiger charge is 2.38. The van der Waals surface area contributed by atoms with Gasteiger partial charge in [0.2, 0.25) is 0 Å². The van der Waals surface area contributed by atoms with Crippen LogP contribution in [0.3, 0.4) is 0 Å². The monoisotopic (exact) mass is 297 g/mol. The smallest absolute Gasteiger partial charge is 0.348 e. The summed E-state index contributed by atoms with van der Waals surface area (Å²) >= 11 is 0. The minimum atomic E-state index is -1.23. The third-order valence-electron chi connectivity index (χ3n) is 3.42. The predicted molar refractivity (Wildman–Crippen MR) is 80.7 cm³/mol. The van der Waals surface area contributed by atoms with Crippen molar-refractivity contribution >= 4 is 28.9 Å². The molecule has 2 aromatic rings. The van der Waals surface area contributed by atoms with E-state index in [0.29, 0.717) is 0 Å². The van der Waals surface area contributed by atoms with Gasteiger partial charge in [0.1, 0.15) is 5.57 Å². The number of hydrogen-bond donors (Lipinski definition) is 0. The molecule has 0 saturated carbocycles.